The van der Waals surface area contributed by atoms with E-state index < -0.39 is 0 Å². The van der Waals surface area contributed by atoms with E-state index in [0.29, 0.717) is 18.4 Å². The molecule has 0 saturated heterocycles. The van der Waals surface area contributed by atoms with Crippen molar-refractivity contribution in [3.8, 4) is 0 Å². The monoisotopic (exact) mass is 284 g/mol. The van der Waals surface area contributed by atoms with Crippen molar-refractivity contribution in [3.05, 3.63) is 0 Å². The SMILES string of the molecule is CCC(CC)NC(=O)C(C)OCC1CCCCC1CN. The van der Waals surface area contributed by atoms with Gasteiger partial charge in [-0.15, -0.1) is 0 Å². The lowest BCUT2D eigenvalue weighted by Crippen LogP contribution is -2.42. The normalized spacial score (nSPS) is 24.6. The van der Waals surface area contributed by atoms with Gasteiger partial charge in [0.2, 0.25) is 5.91 Å². The molecule has 0 aromatic rings. The Morgan fingerprint density at radius 3 is 2.40 bits per heavy atom. The summed E-state index contributed by atoms with van der Waals surface area (Å²) >= 11 is 0. The summed E-state index contributed by atoms with van der Waals surface area (Å²) in [5.74, 6) is 1.11. The van der Waals surface area contributed by atoms with Gasteiger partial charge in [0.05, 0.1) is 6.61 Å². The highest BCUT2D eigenvalue weighted by Gasteiger charge is 2.26. The Kier molecular flexibility index (Phi) is 8.15. The van der Waals surface area contributed by atoms with Crippen LogP contribution in [0.1, 0.15) is 59.3 Å². The molecule has 1 saturated carbocycles. The van der Waals surface area contributed by atoms with Gasteiger partial charge in [0, 0.05) is 6.04 Å². The molecule has 0 spiro atoms. The molecule has 1 aliphatic carbocycles. The third-order valence-electron chi connectivity index (χ3n) is 4.63. The molecule has 0 aliphatic heterocycles. The van der Waals surface area contributed by atoms with Crippen molar-refractivity contribution in [2.75, 3.05) is 13.2 Å². The smallest absolute Gasteiger partial charge is 0.249 e. The highest BCUT2D eigenvalue weighted by atomic mass is 16.5. The second-order valence-electron chi connectivity index (χ2n) is 6.04. The van der Waals surface area contributed by atoms with Gasteiger partial charge in [-0.25, -0.2) is 0 Å². The zero-order chi connectivity index (χ0) is 15.0. The maximum atomic E-state index is 12.0. The summed E-state index contributed by atoms with van der Waals surface area (Å²) < 4.78 is 5.80. The highest BCUT2D eigenvalue weighted by Crippen LogP contribution is 2.29. The Bertz CT molecular complexity index is 280. The standard InChI is InChI=1S/C16H32N2O2/c1-4-15(5-2)18-16(19)12(3)20-11-14-9-7-6-8-13(14)10-17/h12-15H,4-11,17H2,1-3H3,(H,18,19). The topological polar surface area (TPSA) is 64.3 Å². The van der Waals surface area contributed by atoms with Crippen LogP contribution in [0.2, 0.25) is 0 Å². The maximum absolute atomic E-state index is 12.0. The molecule has 0 aromatic carbocycles. The summed E-state index contributed by atoms with van der Waals surface area (Å²) in [6, 6.07) is 0.264. The molecule has 20 heavy (non-hydrogen) atoms. The van der Waals surface area contributed by atoms with Crippen LogP contribution in [0.3, 0.4) is 0 Å². The van der Waals surface area contributed by atoms with Crippen LogP contribution in [-0.2, 0) is 9.53 Å². The minimum atomic E-state index is -0.365. The summed E-state index contributed by atoms with van der Waals surface area (Å²) in [6.45, 7) is 7.43. The van der Waals surface area contributed by atoms with Gasteiger partial charge in [0.1, 0.15) is 6.10 Å². The highest BCUT2D eigenvalue weighted by molar-refractivity contribution is 5.80. The van der Waals surface area contributed by atoms with Crippen LogP contribution in [0.4, 0.5) is 0 Å². The predicted molar refractivity (Wildman–Crippen MR) is 82.4 cm³/mol. The molecule has 1 aliphatic rings. The summed E-state index contributed by atoms with van der Waals surface area (Å²) in [5.41, 5.74) is 5.83. The summed E-state index contributed by atoms with van der Waals surface area (Å²) in [6.07, 6.45) is 6.50. The molecule has 0 aromatic heterocycles. The van der Waals surface area contributed by atoms with Crippen LogP contribution in [0, 0.1) is 11.8 Å². The van der Waals surface area contributed by atoms with E-state index in [9.17, 15) is 4.79 Å². The molecule has 4 nitrogen and oxygen atoms in total. The lowest BCUT2D eigenvalue weighted by atomic mass is 9.80. The number of nitrogens with one attached hydrogen (secondary N) is 1. The minimum Gasteiger partial charge on any atom is -0.368 e. The van der Waals surface area contributed by atoms with E-state index in [4.69, 9.17) is 10.5 Å². The van der Waals surface area contributed by atoms with Crippen LogP contribution in [0.25, 0.3) is 0 Å². The first-order valence-corrected chi connectivity index (χ1v) is 8.24. The van der Waals surface area contributed by atoms with E-state index in [-0.39, 0.29) is 18.1 Å². The second-order valence-corrected chi connectivity index (χ2v) is 6.04. The average molecular weight is 284 g/mol. The van der Waals surface area contributed by atoms with Crippen LogP contribution >= 0.6 is 0 Å². The number of carbonyl (C=O) groups is 1. The van der Waals surface area contributed by atoms with E-state index in [1.54, 1.807) is 0 Å². The first-order chi connectivity index (χ1) is 9.62. The Morgan fingerprint density at radius 2 is 1.85 bits per heavy atom. The molecule has 3 unspecified atom stereocenters. The molecular formula is C16H32N2O2. The largest absolute Gasteiger partial charge is 0.368 e. The van der Waals surface area contributed by atoms with Gasteiger partial charge < -0.3 is 15.8 Å². The van der Waals surface area contributed by atoms with Gasteiger partial charge >= 0.3 is 0 Å². The maximum Gasteiger partial charge on any atom is 0.249 e. The van der Waals surface area contributed by atoms with Gasteiger partial charge in [0.25, 0.3) is 0 Å². The number of hydrogen-bond donors (Lipinski definition) is 2. The fraction of sp³-hybridized carbons (Fsp3) is 0.938. The van der Waals surface area contributed by atoms with Crippen LogP contribution in [0.15, 0.2) is 0 Å². The quantitative estimate of drug-likeness (QED) is 0.719. The van der Waals surface area contributed by atoms with E-state index >= 15 is 0 Å². The first kappa shape index (κ1) is 17.4. The lowest BCUT2D eigenvalue weighted by Gasteiger charge is -2.31. The predicted octanol–water partition coefficient (Wildman–Crippen LogP) is 2.46. The molecule has 0 bridgehead atoms. The summed E-state index contributed by atoms with van der Waals surface area (Å²) in [7, 11) is 0. The zero-order valence-corrected chi connectivity index (χ0v) is 13.4. The molecule has 0 radical (unpaired) electrons. The Labute approximate surface area is 123 Å². The number of ether oxygens (including phenoxy) is 1. The van der Waals surface area contributed by atoms with Crippen molar-refractivity contribution in [2.45, 2.75) is 71.4 Å². The number of hydrogen-bond acceptors (Lipinski definition) is 3. The van der Waals surface area contributed by atoms with Crippen molar-refractivity contribution in [3.63, 3.8) is 0 Å². The molecule has 1 amide bonds. The molecule has 4 heteroatoms. The van der Waals surface area contributed by atoms with Crippen LogP contribution < -0.4 is 11.1 Å². The number of amides is 1. The Hall–Kier alpha value is -0.610. The Morgan fingerprint density at radius 1 is 1.25 bits per heavy atom. The van der Waals surface area contributed by atoms with Gasteiger partial charge in [-0.3, -0.25) is 4.79 Å². The number of nitrogens with two attached hydrogens (primary N) is 1. The third kappa shape index (κ3) is 5.41. The van der Waals surface area contributed by atoms with Crippen molar-refractivity contribution in [1.29, 1.82) is 0 Å². The van der Waals surface area contributed by atoms with Crippen molar-refractivity contribution in [1.82, 2.24) is 5.32 Å². The van der Waals surface area contributed by atoms with Gasteiger partial charge in [-0.05, 0) is 51.0 Å². The lowest BCUT2D eigenvalue weighted by molar-refractivity contribution is -0.134. The van der Waals surface area contributed by atoms with Gasteiger partial charge in [-0.1, -0.05) is 26.7 Å². The fourth-order valence-electron chi connectivity index (χ4n) is 2.97. The molecule has 1 rings (SSSR count). The third-order valence-corrected chi connectivity index (χ3v) is 4.63. The number of carbonyl (C=O) groups excluding carboxylic acids is 1. The van der Waals surface area contributed by atoms with E-state index in [1.165, 1.54) is 25.7 Å². The van der Waals surface area contributed by atoms with Crippen LogP contribution in [0.5, 0.6) is 0 Å². The van der Waals surface area contributed by atoms with Crippen molar-refractivity contribution >= 4 is 5.91 Å². The summed E-state index contributed by atoms with van der Waals surface area (Å²) in [5, 5.41) is 3.04. The second kappa shape index (κ2) is 9.35. The average Bonchev–Trinajstić information content (AvgIpc) is 2.50. The number of rotatable bonds is 8. The zero-order valence-electron chi connectivity index (χ0n) is 13.4. The fourth-order valence-corrected chi connectivity index (χ4v) is 2.97. The van der Waals surface area contributed by atoms with Gasteiger partial charge in [-0.2, -0.15) is 0 Å². The Balaban J connectivity index is 2.34. The van der Waals surface area contributed by atoms with E-state index in [1.807, 2.05) is 6.92 Å². The molecule has 1 fully saturated rings. The van der Waals surface area contributed by atoms with Gasteiger partial charge in [0.15, 0.2) is 0 Å². The van der Waals surface area contributed by atoms with Crippen LogP contribution in [-0.4, -0.2) is 31.2 Å². The molecular weight excluding hydrogens is 252 g/mol. The molecule has 0 heterocycles. The van der Waals surface area contributed by atoms with Crippen molar-refractivity contribution in [2.24, 2.45) is 17.6 Å². The van der Waals surface area contributed by atoms with E-state index in [0.717, 1.165) is 19.4 Å². The van der Waals surface area contributed by atoms with Crippen molar-refractivity contribution < 1.29 is 9.53 Å². The first-order valence-electron chi connectivity index (χ1n) is 8.24. The molecule has 3 N–H and O–H groups in total. The molecule has 118 valence electrons. The van der Waals surface area contributed by atoms with E-state index in [2.05, 4.69) is 19.2 Å². The minimum absolute atomic E-state index is 0.0128. The molecule has 3 atom stereocenters. The summed E-state index contributed by atoms with van der Waals surface area (Å²) in [4.78, 5) is 12.0.